The molecule has 0 aromatic carbocycles. The van der Waals surface area contributed by atoms with Crippen LogP contribution in [0.15, 0.2) is 16.7 Å². The van der Waals surface area contributed by atoms with E-state index in [-0.39, 0.29) is 11.1 Å². The molecule has 2 atom stereocenters. The van der Waals surface area contributed by atoms with Crippen molar-refractivity contribution in [1.82, 2.24) is 0 Å². The maximum Gasteiger partial charge on any atom is 0.198 e. The van der Waals surface area contributed by atoms with Crippen LogP contribution in [-0.2, 0) is 0 Å². The lowest BCUT2D eigenvalue weighted by atomic mass is 9.93. The van der Waals surface area contributed by atoms with E-state index < -0.39 is 6.10 Å². The van der Waals surface area contributed by atoms with Crippen molar-refractivity contribution in [2.24, 2.45) is 11.7 Å². The van der Waals surface area contributed by atoms with Crippen LogP contribution in [0, 0.1) is 5.92 Å². The summed E-state index contributed by atoms with van der Waals surface area (Å²) in [4.78, 5) is 0. The summed E-state index contributed by atoms with van der Waals surface area (Å²) in [6.07, 6.45) is 2.74. The van der Waals surface area contributed by atoms with E-state index >= 15 is 0 Å². The summed E-state index contributed by atoms with van der Waals surface area (Å²) >= 11 is 5.77. The van der Waals surface area contributed by atoms with E-state index in [0.29, 0.717) is 12.1 Å². The maximum atomic E-state index is 9.96. The Balaban J connectivity index is 2.72. The van der Waals surface area contributed by atoms with Gasteiger partial charge in [0, 0.05) is 11.5 Å². The number of furan rings is 1. The SMILES string of the molecule is CCCC(CN)C(O)c1ccoc1Cl. The molecule has 1 aromatic rings. The van der Waals surface area contributed by atoms with Gasteiger partial charge in [-0.3, -0.25) is 0 Å². The normalized spacial score (nSPS) is 15.4. The molecule has 0 aliphatic carbocycles. The van der Waals surface area contributed by atoms with Crippen LogP contribution in [-0.4, -0.2) is 11.7 Å². The molecule has 1 aromatic heterocycles. The second kappa shape index (κ2) is 5.39. The third-order valence-electron chi connectivity index (χ3n) is 2.37. The minimum atomic E-state index is -0.619. The van der Waals surface area contributed by atoms with Gasteiger partial charge in [-0.15, -0.1) is 0 Å². The zero-order valence-corrected chi connectivity index (χ0v) is 9.00. The highest BCUT2D eigenvalue weighted by Gasteiger charge is 2.22. The van der Waals surface area contributed by atoms with Crippen LogP contribution in [0.2, 0.25) is 5.22 Å². The summed E-state index contributed by atoms with van der Waals surface area (Å²) in [5.74, 6) is 0.0510. The first kappa shape index (κ1) is 11.6. The fourth-order valence-electron chi connectivity index (χ4n) is 1.54. The van der Waals surface area contributed by atoms with Gasteiger partial charge in [-0.2, -0.15) is 0 Å². The smallest absolute Gasteiger partial charge is 0.198 e. The Bertz CT molecular complexity index is 275. The van der Waals surface area contributed by atoms with Gasteiger partial charge < -0.3 is 15.3 Å². The molecule has 4 heteroatoms. The van der Waals surface area contributed by atoms with E-state index in [4.69, 9.17) is 21.8 Å². The molecule has 80 valence electrons. The number of nitrogens with two attached hydrogens (primary N) is 1. The van der Waals surface area contributed by atoms with Crippen molar-refractivity contribution in [2.45, 2.75) is 25.9 Å². The van der Waals surface area contributed by atoms with Gasteiger partial charge in [0.1, 0.15) is 0 Å². The molecule has 3 N–H and O–H groups in total. The quantitative estimate of drug-likeness (QED) is 0.796. The van der Waals surface area contributed by atoms with Gasteiger partial charge in [-0.25, -0.2) is 0 Å². The molecule has 0 saturated heterocycles. The average Bonchev–Trinajstić information content (AvgIpc) is 2.59. The summed E-state index contributed by atoms with van der Waals surface area (Å²) < 4.78 is 4.92. The van der Waals surface area contributed by atoms with Gasteiger partial charge in [0.2, 0.25) is 0 Å². The van der Waals surface area contributed by atoms with E-state index in [1.807, 2.05) is 0 Å². The molecule has 0 fully saturated rings. The molecule has 0 amide bonds. The number of aliphatic hydroxyl groups is 1. The van der Waals surface area contributed by atoms with E-state index in [1.165, 1.54) is 6.26 Å². The molecule has 0 saturated carbocycles. The number of hydrogen-bond acceptors (Lipinski definition) is 3. The molecule has 1 heterocycles. The molecule has 3 nitrogen and oxygen atoms in total. The minimum absolute atomic E-state index is 0.0510. The lowest BCUT2D eigenvalue weighted by Crippen LogP contribution is -2.21. The van der Waals surface area contributed by atoms with E-state index in [9.17, 15) is 5.11 Å². The van der Waals surface area contributed by atoms with Gasteiger partial charge in [-0.05, 0) is 30.6 Å². The molecule has 0 spiro atoms. The monoisotopic (exact) mass is 217 g/mol. The second-order valence-electron chi connectivity index (χ2n) is 3.38. The van der Waals surface area contributed by atoms with Crippen molar-refractivity contribution in [1.29, 1.82) is 0 Å². The molecule has 0 aliphatic heterocycles. The van der Waals surface area contributed by atoms with Gasteiger partial charge >= 0.3 is 0 Å². The van der Waals surface area contributed by atoms with Crippen LogP contribution in [0.1, 0.15) is 31.4 Å². The fraction of sp³-hybridized carbons (Fsp3) is 0.600. The van der Waals surface area contributed by atoms with Crippen molar-refractivity contribution in [3.05, 3.63) is 23.1 Å². The van der Waals surface area contributed by atoms with E-state index in [2.05, 4.69) is 6.92 Å². The highest BCUT2D eigenvalue weighted by Crippen LogP contribution is 2.30. The lowest BCUT2D eigenvalue weighted by Gasteiger charge is -2.19. The molecule has 0 bridgehead atoms. The highest BCUT2D eigenvalue weighted by molar-refractivity contribution is 6.29. The Labute approximate surface area is 88.9 Å². The Kier molecular flexibility index (Phi) is 4.45. The largest absolute Gasteiger partial charge is 0.453 e. The second-order valence-corrected chi connectivity index (χ2v) is 3.72. The molecular formula is C10H16ClNO2. The highest BCUT2D eigenvalue weighted by atomic mass is 35.5. The van der Waals surface area contributed by atoms with Gasteiger partial charge in [0.25, 0.3) is 0 Å². The summed E-state index contributed by atoms with van der Waals surface area (Å²) in [5.41, 5.74) is 6.22. The van der Waals surface area contributed by atoms with Gasteiger partial charge in [0.05, 0.1) is 12.4 Å². The van der Waals surface area contributed by atoms with Crippen LogP contribution in [0.3, 0.4) is 0 Å². The van der Waals surface area contributed by atoms with Crippen molar-refractivity contribution in [3.63, 3.8) is 0 Å². The average molecular weight is 218 g/mol. The third kappa shape index (κ3) is 2.50. The van der Waals surface area contributed by atoms with Gasteiger partial charge in [0.15, 0.2) is 5.22 Å². The van der Waals surface area contributed by atoms with Crippen LogP contribution in [0.4, 0.5) is 0 Å². The first-order valence-electron chi connectivity index (χ1n) is 4.81. The molecule has 14 heavy (non-hydrogen) atoms. The predicted octanol–water partition coefficient (Wildman–Crippen LogP) is 2.34. The fourth-order valence-corrected chi connectivity index (χ4v) is 1.77. The van der Waals surface area contributed by atoms with Crippen LogP contribution < -0.4 is 5.73 Å². The predicted molar refractivity (Wildman–Crippen MR) is 56.1 cm³/mol. The van der Waals surface area contributed by atoms with E-state index in [1.54, 1.807) is 6.07 Å². The topological polar surface area (TPSA) is 59.4 Å². The first-order valence-corrected chi connectivity index (χ1v) is 5.19. The number of aliphatic hydroxyl groups excluding tert-OH is 1. The number of halogens is 1. The number of rotatable bonds is 5. The summed E-state index contributed by atoms with van der Waals surface area (Å²) in [6.45, 7) is 2.52. The molecule has 0 radical (unpaired) electrons. The van der Waals surface area contributed by atoms with Gasteiger partial charge in [-0.1, -0.05) is 13.3 Å². The van der Waals surface area contributed by atoms with Crippen molar-refractivity contribution >= 4 is 11.6 Å². The van der Waals surface area contributed by atoms with Crippen LogP contribution >= 0.6 is 11.6 Å². The molecule has 2 unspecified atom stereocenters. The molecular weight excluding hydrogens is 202 g/mol. The number of hydrogen-bond donors (Lipinski definition) is 2. The third-order valence-corrected chi connectivity index (χ3v) is 2.68. The van der Waals surface area contributed by atoms with Crippen LogP contribution in [0.5, 0.6) is 0 Å². The summed E-state index contributed by atoms with van der Waals surface area (Å²) in [5, 5.41) is 10.2. The van der Waals surface area contributed by atoms with Crippen molar-refractivity contribution < 1.29 is 9.52 Å². The minimum Gasteiger partial charge on any atom is -0.453 e. The first-order chi connectivity index (χ1) is 6.70. The Morgan fingerprint density at radius 3 is 2.79 bits per heavy atom. The Morgan fingerprint density at radius 1 is 1.64 bits per heavy atom. The van der Waals surface area contributed by atoms with Crippen LogP contribution in [0.25, 0.3) is 0 Å². The standard InChI is InChI=1S/C10H16ClNO2/c1-2-3-7(6-12)9(13)8-4-5-14-10(8)11/h4-5,7,9,13H,2-3,6,12H2,1H3. The summed E-state index contributed by atoms with van der Waals surface area (Å²) in [6, 6.07) is 1.69. The molecule has 0 aliphatic rings. The van der Waals surface area contributed by atoms with Crippen molar-refractivity contribution in [3.8, 4) is 0 Å². The van der Waals surface area contributed by atoms with E-state index in [0.717, 1.165) is 12.8 Å². The lowest BCUT2D eigenvalue weighted by molar-refractivity contribution is 0.106. The Morgan fingerprint density at radius 2 is 2.36 bits per heavy atom. The maximum absolute atomic E-state index is 9.96. The van der Waals surface area contributed by atoms with Crippen molar-refractivity contribution in [2.75, 3.05) is 6.54 Å². The Hall–Kier alpha value is -0.510. The zero-order valence-electron chi connectivity index (χ0n) is 8.24. The summed E-state index contributed by atoms with van der Waals surface area (Å²) in [7, 11) is 0. The molecule has 1 rings (SSSR count). The zero-order chi connectivity index (χ0) is 10.6.